The lowest BCUT2D eigenvalue weighted by Crippen LogP contribution is -2.21. The number of carbonyl (C=O) groups is 2. The van der Waals surface area contributed by atoms with Gasteiger partial charge in [0.2, 0.25) is 0 Å². The average Bonchev–Trinajstić information content (AvgIpc) is 2.58. The van der Waals surface area contributed by atoms with Gasteiger partial charge in [0.1, 0.15) is 0 Å². The molecule has 0 saturated carbocycles. The minimum atomic E-state index is -0.438. The molecule has 0 aliphatic heterocycles. The largest absolute Gasteiger partial charge is 0.469 e. The van der Waals surface area contributed by atoms with Crippen molar-refractivity contribution in [1.29, 1.82) is 0 Å². The van der Waals surface area contributed by atoms with E-state index in [1.165, 1.54) is 14.2 Å². The minimum absolute atomic E-state index is 0.359. The summed E-state index contributed by atoms with van der Waals surface area (Å²) in [5, 5.41) is 0. The minimum Gasteiger partial charge on any atom is -0.469 e. The summed E-state index contributed by atoms with van der Waals surface area (Å²) in [5.74, 6) is -1.22. The van der Waals surface area contributed by atoms with Crippen LogP contribution in [0.15, 0.2) is 11.1 Å². The third-order valence-corrected chi connectivity index (χ3v) is 2.51. The molecule has 14 heavy (non-hydrogen) atoms. The molecule has 0 fully saturated rings. The van der Waals surface area contributed by atoms with Crippen LogP contribution < -0.4 is 0 Å². The smallest absolute Gasteiger partial charge is 0.334 e. The number of ether oxygens (including phenoxy) is 2. The third-order valence-electron chi connectivity index (χ3n) is 2.51. The molecule has 0 bridgehead atoms. The Bertz CT molecular complexity index is 290. The van der Waals surface area contributed by atoms with Crippen molar-refractivity contribution in [1.82, 2.24) is 0 Å². The van der Waals surface area contributed by atoms with E-state index >= 15 is 0 Å². The fraction of sp³-hybridized carbons (Fsp3) is 0.600. The van der Waals surface area contributed by atoms with E-state index in [9.17, 15) is 9.59 Å². The molecule has 0 saturated heterocycles. The SMILES string of the molecule is COC(=O)C1=C(C)CCC1C(=O)OC. The highest BCUT2D eigenvalue weighted by atomic mass is 16.5. The fourth-order valence-electron chi connectivity index (χ4n) is 1.74. The molecule has 0 N–H and O–H groups in total. The molecule has 78 valence electrons. The lowest BCUT2D eigenvalue weighted by Gasteiger charge is -2.10. The van der Waals surface area contributed by atoms with Crippen LogP contribution in [0.1, 0.15) is 19.8 Å². The number of allylic oxidation sites excluding steroid dienone is 1. The zero-order valence-corrected chi connectivity index (χ0v) is 8.62. The van der Waals surface area contributed by atoms with Crippen LogP contribution in [-0.2, 0) is 19.1 Å². The highest BCUT2D eigenvalue weighted by Gasteiger charge is 2.35. The Morgan fingerprint density at radius 3 is 2.43 bits per heavy atom. The van der Waals surface area contributed by atoms with Crippen LogP contribution in [0.3, 0.4) is 0 Å². The molecule has 4 nitrogen and oxygen atoms in total. The summed E-state index contributed by atoms with van der Waals surface area (Å²) in [7, 11) is 2.64. The van der Waals surface area contributed by atoms with Crippen molar-refractivity contribution in [2.24, 2.45) is 5.92 Å². The van der Waals surface area contributed by atoms with Gasteiger partial charge < -0.3 is 9.47 Å². The number of esters is 2. The van der Waals surface area contributed by atoms with Crippen molar-refractivity contribution in [2.75, 3.05) is 14.2 Å². The van der Waals surface area contributed by atoms with Crippen molar-refractivity contribution in [2.45, 2.75) is 19.8 Å². The lowest BCUT2D eigenvalue weighted by atomic mass is 10.0. The van der Waals surface area contributed by atoms with Crippen molar-refractivity contribution < 1.29 is 19.1 Å². The molecule has 0 heterocycles. The van der Waals surface area contributed by atoms with Crippen molar-refractivity contribution in [3.05, 3.63) is 11.1 Å². The average molecular weight is 198 g/mol. The molecular formula is C10H14O4. The number of methoxy groups -OCH3 is 2. The summed E-state index contributed by atoms with van der Waals surface area (Å²) in [6, 6.07) is 0. The van der Waals surface area contributed by atoms with Gasteiger partial charge in [-0.2, -0.15) is 0 Å². The van der Waals surface area contributed by atoms with Gasteiger partial charge >= 0.3 is 11.9 Å². The maximum absolute atomic E-state index is 11.4. The summed E-state index contributed by atoms with van der Waals surface area (Å²) in [5.41, 5.74) is 1.40. The first kappa shape index (κ1) is 10.8. The molecule has 1 unspecified atom stereocenters. The maximum Gasteiger partial charge on any atom is 0.334 e. The van der Waals surface area contributed by atoms with E-state index in [0.29, 0.717) is 12.0 Å². The van der Waals surface area contributed by atoms with E-state index in [4.69, 9.17) is 0 Å². The molecule has 0 aromatic rings. The molecule has 0 spiro atoms. The zero-order valence-electron chi connectivity index (χ0n) is 8.62. The van der Waals surface area contributed by atoms with Crippen LogP contribution in [0.25, 0.3) is 0 Å². The molecule has 0 aromatic heterocycles. The van der Waals surface area contributed by atoms with Crippen LogP contribution in [0.5, 0.6) is 0 Å². The molecule has 1 atom stereocenters. The first-order chi connectivity index (χ1) is 6.61. The highest BCUT2D eigenvalue weighted by molar-refractivity contribution is 5.97. The van der Waals surface area contributed by atoms with E-state index in [1.807, 2.05) is 6.92 Å². The van der Waals surface area contributed by atoms with Crippen molar-refractivity contribution in [3.8, 4) is 0 Å². The summed E-state index contributed by atoms with van der Waals surface area (Å²) >= 11 is 0. The molecular weight excluding hydrogens is 184 g/mol. The molecule has 1 aliphatic carbocycles. The predicted octanol–water partition coefficient (Wildman–Crippen LogP) is 1.06. The monoisotopic (exact) mass is 198 g/mol. The zero-order chi connectivity index (χ0) is 10.7. The van der Waals surface area contributed by atoms with Gasteiger partial charge in [-0.05, 0) is 19.8 Å². The molecule has 1 rings (SSSR count). The topological polar surface area (TPSA) is 52.6 Å². The quantitative estimate of drug-likeness (QED) is 0.622. The van der Waals surface area contributed by atoms with E-state index < -0.39 is 11.9 Å². The summed E-state index contributed by atoms with van der Waals surface area (Å²) in [4.78, 5) is 22.7. The second-order valence-electron chi connectivity index (χ2n) is 3.30. The Hall–Kier alpha value is -1.32. The molecule has 1 aliphatic rings. The molecule has 0 amide bonds. The van der Waals surface area contributed by atoms with Gasteiger partial charge in [-0.1, -0.05) is 5.57 Å². The Labute approximate surface area is 82.9 Å². The first-order valence-corrected chi connectivity index (χ1v) is 4.47. The summed E-state index contributed by atoms with van der Waals surface area (Å²) < 4.78 is 9.25. The van der Waals surface area contributed by atoms with Gasteiger partial charge in [0.15, 0.2) is 0 Å². The highest BCUT2D eigenvalue weighted by Crippen LogP contribution is 2.33. The summed E-state index contributed by atoms with van der Waals surface area (Å²) in [6.45, 7) is 1.84. The normalized spacial score (nSPS) is 20.9. The Kier molecular flexibility index (Phi) is 3.28. The molecule has 4 heteroatoms. The van der Waals surface area contributed by atoms with Crippen molar-refractivity contribution >= 4 is 11.9 Å². The van der Waals surface area contributed by atoms with E-state index in [2.05, 4.69) is 9.47 Å². The Balaban J connectivity index is 2.91. The number of hydrogen-bond donors (Lipinski definition) is 0. The van der Waals surface area contributed by atoms with Crippen LogP contribution in [0.4, 0.5) is 0 Å². The predicted molar refractivity (Wildman–Crippen MR) is 49.5 cm³/mol. The van der Waals surface area contributed by atoms with Crippen LogP contribution in [-0.4, -0.2) is 26.2 Å². The van der Waals surface area contributed by atoms with E-state index in [0.717, 1.165) is 12.0 Å². The third kappa shape index (κ3) is 1.78. The van der Waals surface area contributed by atoms with Crippen LogP contribution in [0.2, 0.25) is 0 Å². The van der Waals surface area contributed by atoms with Gasteiger partial charge in [0, 0.05) is 0 Å². The summed E-state index contributed by atoms with van der Waals surface area (Å²) in [6.07, 6.45) is 1.40. The Morgan fingerprint density at radius 1 is 1.29 bits per heavy atom. The van der Waals surface area contributed by atoms with Crippen molar-refractivity contribution in [3.63, 3.8) is 0 Å². The van der Waals surface area contributed by atoms with E-state index in [-0.39, 0.29) is 5.97 Å². The van der Waals surface area contributed by atoms with Gasteiger partial charge in [-0.15, -0.1) is 0 Å². The standard InChI is InChI=1S/C10H14O4/c1-6-4-5-7(9(11)13-2)8(6)10(12)14-3/h7H,4-5H2,1-3H3. The van der Waals surface area contributed by atoms with Gasteiger partial charge in [0.05, 0.1) is 25.7 Å². The second kappa shape index (κ2) is 4.26. The van der Waals surface area contributed by atoms with Crippen LogP contribution >= 0.6 is 0 Å². The first-order valence-electron chi connectivity index (χ1n) is 4.47. The van der Waals surface area contributed by atoms with Gasteiger partial charge in [0.25, 0.3) is 0 Å². The maximum atomic E-state index is 11.4. The van der Waals surface area contributed by atoms with Crippen LogP contribution in [0, 0.1) is 5.92 Å². The Morgan fingerprint density at radius 2 is 1.93 bits per heavy atom. The second-order valence-corrected chi connectivity index (χ2v) is 3.30. The number of carbonyl (C=O) groups excluding carboxylic acids is 2. The lowest BCUT2D eigenvalue weighted by molar-refractivity contribution is -0.147. The van der Waals surface area contributed by atoms with E-state index in [1.54, 1.807) is 0 Å². The fourth-order valence-corrected chi connectivity index (χ4v) is 1.74. The number of rotatable bonds is 2. The number of hydrogen-bond acceptors (Lipinski definition) is 4. The van der Waals surface area contributed by atoms with Gasteiger partial charge in [-0.3, -0.25) is 4.79 Å². The molecule has 0 radical (unpaired) electrons. The van der Waals surface area contributed by atoms with Gasteiger partial charge in [-0.25, -0.2) is 4.79 Å². The molecule has 0 aromatic carbocycles.